The molecule has 4 nitrogen and oxygen atoms in total. The Morgan fingerprint density at radius 3 is 2.25 bits per heavy atom. The largest absolute Gasteiger partial charge is 0.482 e. The third kappa shape index (κ3) is 5.19. The van der Waals surface area contributed by atoms with Crippen LogP contribution in [-0.4, -0.2) is 27.7 Å². The topological polar surface area (TPSA) is 69.1 Å². The molecule has 0 aromatic carbocycles. The highest BCUT2D eigenvalue weighted by Crippen LogP contribution is 1.62. The summed E-state index contributed by atoms with van der Waals surface area (Å²) in [7, 11) is 0. The van der Waals surface area contributed by atoms with Crippen LogP contribution in [0.4, 0.5) is 0 Å². The van der Waals surface area contributed by atoms with E-state index in [1.807, 2.05) is 0 Å². The summed E-state index contributed by atoms with van der Waals surface area (Å²) in [6.45, 7) is 0. The van der Waals surface area contributed by atoms with Crippen molar-refractivity contribution < 1.29 is 10.0 Å². The number of imidazole rings is 1. The van der Waals surface area contributed by atoms with Crippen LogP contribution in [0.15, 0.2) is 18.7 Å². The Bertz CT molecular complexity index is 82.2. The standard InChI is InChI=1S/C3H4N2.BH2O2/c1-2-5-3-4-1;2-1-3/h1-3H,(H,4,5);2-3H. The summed E-state index contributed by atoms with van der Waals surface area (Å²) in [6.07, 6.45) is 5.08. The minimum absolute atomic E-state index is 0. The lowest BCUT2D eigenvalue weighted by molar-refractivity contribution is 0.448. The lowest BCUT2D eigenvalue weighted by atomic mass is 10.5. The normalized spacial score (nSPS) is 6.75. The maximum atomic E-state index is 7.00. The molecule has 0 aliphatic heterocycles. The van der Waals surface area contributed by atoms with Crippen LogP contribution < -0.4 is 0 Å². The Hall–Kier alpha value is -0.805. The van der Waals surface area contributed by atoms with E-state index in [1.165, 1.54) is 0 Å². The number of aromatic nitrogens is 2. The van der Waals surface area contributed by atoms with Gasteiger partial charge in [0.15, 0.2) is 0 Å². The van der Waals surface area contributed by atoms with Gasteiger partial charge in [0.25, 0.3) is 0 Å². The van der Waals surface area contributed by atoms with Gasteiger partial charge in [-0.15, -0.1) is 0 Å². The molecule has 5 heteroatoms. The zero-order chi connectivity index (χ0) is 6.24. The number of nitrogens with zero attached hydrogens (tertiary/aromatic N) is 1. The number of rotatable bonds is 0. The van der Waals surface area contributed by atoms with Crippen LogP contribution >= 0.6 is 0 Å². The highest BCUT2D eigenvalue weighted by Gasteiger charge is 1.56. The second kappa shape index (κ2) is 6.19. The molecule has 0 atom stereocenters. The van der Waals surface area contributed by atoms with Gasteiger partial charge in [-0.25, -0.2) is 4.98 Å². The van der Waals surface area contributed by atoms with Crippen molar-refractivity contribution in [3.05, 3.63) is 18.7 Å². The molecule has 0 aliphatic carbocycles. The lowest BCUT2D eigenvalue weighted by Gasteiger charge is -1.46. The fraction of sp³-hybridized carbons (Fsp3) is 0. The molecule has 1 rings (SSSR count). The predicted octanol–water partition coefficient (Wildman–Crippen LogP) is -1.09. The quantitative estimate of drug-likeness (QED) is 0.374. The van der Waals surface area contributed by atoms with E-state index in [9.17, 15) is 0 Å². The monoisotopic (exact) mass is 113 g/mol. The smallest absolute Gasteiger partial charge is 0.429 e. The second-order valence-electron chi connectivity index (χ2n) is 0.876. The van der Waals surface area contributed by atoms with Gasteiger partial charge in [0.1, 0.15) is 0 Å². The van der Waals surface area contributed by atoms with Gasteiger partial charge in [-0.3, -0.25) is 0 Å². The van der Waals surface area contributed by atoms with E-state index in [2.05, 4.69) is 9.97 Å². The van der Waals surface area contributed by atoms with Crippen LogP contribution in [0.25, 0.3) is 0 Å². The number of hydrogen-bond donors (Lipinski definition) is 3. The first-order chi connectivity index (χ1) is 3.91. The second-order valence-corrected chi connectivity index (χ2v) is 0.876. The average Bonchev–Trinajstić information content (AvgIpc) is 2.17. The molecule has 0 amide bonds. The van der Waals surface area contributed by atoms with Gasteiger partial charge in [-0.1, -0.05) is 0 Å². The van der Waals surface area contributed by atoms with E-state index in [-0.39, 0.29) is 7.69 Å². The van der Waals surface area contributed by atoms with E-state index >= 15 is 0 Å². The van der Waals surface area contributed by atoms with Crippen LogP contribution in [-0.2, 0) is 0 Å². The van der Waals surface area contributed by atoms with Gasteiger partial charge in [0, 0.05) is 12.4 Å². The highest BCUT2D eigenvalue weighted by molar-refractivity contribution is 6.13. The summed E-state index contributed by atoms with van der Waals surface area (Å²) < 4.78 is 0. The van der Waals surface area contributed by atoms with Gasteiger partial charge < -0.3 is 15.0 Å². The first-order valence-corrected chi connectivity index (χ1v) is 1.94. The predicted molar refractivity (Wildman–Crippen MR) is 28.8 cm³/mol. The van der Waals surface area contributed by atoms with E-state index < -0.39 is 0 Å². The van der Waals surface area contributed by atoms with Gasteiger partial charge >= 0.3 is 7.69 Å². The van der Waals surface area contributed by atoms with Crippen molar-refractivity contribution in [2.24, 2.45) is 0 Å². The van der Waals surface area contributed by atoms with Gasteiger partial charge in [-0.05, 0) is 0 Å². The number of hydrogen-bond acceptors (Lipinski definition) is 3. The van der Waals surface area contributed by atoms with Crippen molar-refractivity contribution >= 4 is 7.69 Å². The number of aromatic amines is 1. The molecule has 0 bridgehead atoms. The summed E-state index contributed by atoms with van der Waals surface area (Å²) in [5.41, 5.74) is 0. The van der Waals surface area contributed by atoms with Gasteiger partial charge in [0.05, 0.1) is 6.33 Å². The Morgan fingerprint density at radius 2 is 2.12 bits per heavy atom. The molecule has 3 N–H and O–H groups in total. The van der Waals surface area contributed by atoms with Crippen LogP contribution in [0.2, 0.25) is 0 Å². The first kappa shape index (κ1) is 7.19. The third-order valence-corrected chi connectivity index (χ3v) is 0.406. The number of nitrogens with one attached hydrogen (secondary N) is 1. The van der Waals surface area contributed by atoms with Gasteiger partial charge in [-0.2, -0.15) is 0 Å². The molecular formula is C3H6BN2O2. The number of H-pyrrole nitrogens is 1. The average molecular weight is 113 g/mol. The lowest BCUT2D eigenvalue weighted by Crippen LogP contribution is -1.75. The third-order valence-electron chi connectivity index (χ3n) is 0.406. The fourth-order valence-corrected chi connectivity index (χ4v) is 0.215. The molecule has 0 aliphatic rings. The summed E-state index contributed by atoms with van der Waals surface area (Å²) >= 11 is 0. The zero-order valence-corrected chi connectivity index (χ0v) is 4.15. The minimum Gasteiger partial charge on any atom is -0.429 e. The SMILES string of the molecule is O[B]O.c1c[nH]cn1. The van der Waals surface area contributed by atoms with Crippen LogP contribution in [0.1, 0.15) is 0 Å². The van der Waals surface area contributed by atoms with E-state index in [0.29, 0.717) is 0 Å². The van der Waals surface area contributed by atoms with Gasteiger partial charge in [0.2, 0.25) is 0 Å². The Kier molecular flexibility index (Phi) is 5.57. The molecule has 0 saturated carbocycles. The van der Waals surface area contributed by atoms with Crippen LogP contribution in [0.5, 0.6) is 0 Å². The van der Waals surface area contributed by atoms with E-state index in [4.69, 9.17) is 10.0 Å². The summed E-state index contributed by atoms with van der Waals surface area (Å²) in [5, 5.41) is 14.0. The van der Waals surface area contributed by atoms with Crippen molar-refractivity contribution in [1.29, 1.82) is 0 Å². The molecule has 1 aromatic rings. The van der Waals surface area contributed by atoms with Crippen molar-refractivity contribution in [1.82, 2.24) is 9.97 Å². The summed E-state index contributed by atoms with van der Waals surface area (Å²) in [5.74, 6) is 0. The molecule has 43 valence electrons. The van der Waals surface area contributed by atoms with Crippen molar-refractivity contribution in [3.63, 3.8) is 0 Å². The Labute approximate surface area is 47.5 Å². The molecule has 8 heavy (non-hydrogen) atoms. The van der Waals surface area contributed by atoms with Crippen LogP contribution in [0, 0.1) is 0 Å². The first-order valence-electron chi connectivity index (χ1n) is 1.94. The Morgan fingerprint density at radius 1 is 1.50 bits per heavy atom. The molecule has 0 spiro atoms. The molecule has 0 fully saturated rings. The van der Waals surface area contributed by atoms with Crippen LogP contribution in [0.3, 0.4) is 0 Å². The zero-order valence-electron chi connectivity index (χ0n) is 4.15. The van der Waals surface area contributed by atoms with Crippen molar-refractivity contribution in [3.8, 4) is 0 Å². The fourth-order valence-electron chi connectivity index (χ4n) is 0.215. The highest BCUT2D eigenvalue weighted by atomic mass is 16.4. The maximum Gasteiger partial charge on any atom is 0.482 e. The summed E-state index contributed by atoms with van der Waals surface area (Å²) in [6, 6.07) is 0. The molecule has 1 heterocycles. The molecular weight excluding hydrogens is 107 g/mol. The Balaban J connectivity index is 0.000000145. The molecule has 1 radical (unpaired) electrons. The van der Waals surface area contributed by atoms with Crippen molar-refractivity contribution in [2.75, 3.05) is 0 Å². The maximum absolute atomic E-state index is 7.00. The molecule has 1 aromatic heterocycles. The van der Waals surface area contributed by atoms with E-state index in [1.54, 1.807) is 18.7 Å². The summed E-state index contributed by atoms with van der Waals surface area (Å²) in [4.78, 5) is 6.42. The van der Waals surface area contributed by atoms with E-state index in [0.717, 1.165) is 0 Å². The molecule has 0 unspecified atom stereocenters. The molecule has 0 saturated heterocycles. The minimum atomic E-state index is 0. The van der Waals surface area contributed by atoms with Crippen molar-refractivity contribution in [2.45, 2.75) is 0 Å².